The maximum absolute atomic E-state index is 12.7. The molecule has 0 radical (unpaired) electrons. The van der Waals surface area contributed by atoms with Gasteiger partial charge in [-0.25, -0.2) is 0 Å². The maximum Gasteiger partial charge on any atom is 0.243 e. The van der Waals surface area contributed by atoms with Gasteiger partial charge in [-0.2, -0.15) is 0 Å². The second kappa shape index (κ2) is 9.93. The first kappa shape index (κ1) is 21.4. The van der Waals surface area contributed by atoms with Crippen LogP contribution in [0.25, 0.3) is 0 Å². The molecule has 1 heterocycles. The molecule has 30 heavy (non-hydrogen) atoms. The lowest BCUT2D eigenvalue weighted by Gasteiger charge is -2.36. The van der Waals surface area contributed by atoms with Gasteiger partial charge in [0.2, 0.25) is 11.8 Å². The summed E-state index contributed by atoms with van der Waals surface area (Å²) in [6.45, 7) is 0.960. The van der Waals surface area contributed by atoms with Gasteiger partial charge in [0.1, 0.15) is 17.5 Å². The monoisotopic (exact) mass is 428 g/mol. The van der Waals surface area contributed by atoms with Crippen LogP contribution in [0.2, 0.25) is 0 Å². The molecule has 8 nitrogen and oxygen atoms in total. The molecule has 2 aromatic carbocycles. The highest BCUT2D eigenvalue weighted by molar-refractivity contribution is 7.80. The summed E-state index contributed by atoms with van der Waals surface area (Å²) >= 11 is 5.51. The van der Waals surface area contributed by atoms with Crippen molar-refractivity contribution in [3.8, 4) is 11.5 Å². The van der Waals surface area contributed by atoms with E-state index in [1.165, 1.54) is 7.11 Å². The fraction of sp³-hybridized carbons (Fsp3) is 0.286. The number of methoxy groups -OCH3 is 2. The summed E-state index contributed by atoms with van der Waals surface area (Å²) in [5.41, 5.74) is 1.28. The summed E-state index contributed by atoms with van der Waals surface area (Å²) in [6, 6.07) is 13.8. The smallest absolute Gasteiger partial charge is 0.243 e. The van der Waals surface area contributed by atoms with Crippen LogP contribution in [-0.2, 0) is 9.59 Å². The molecule has 0 aliphatic carbocycles. The third-order valence-corrected chi connectivity index (χ3v) is 5.01. The minimum Gasteiger partial charge on any atom is -0.497 e. The van der Waals surface area contributed by atoms with Crippen molar-refractivity contribution < 1.29 is 19.1 Å². The number of hydrogen-bond acceptors (Lipinski definition) is 5. The molecular weight excluding hydrogens is 404 g/mol. The van der Waals surface area contributed by atoms with Gasteiger partial charge < -0.3 is 30.3 Å². The molecule has 1 fully saturated rings. The number of para-hydroxylation sites is 1. The van der Waals surface area contributed by atoms with Crippen LogP contribution in [0, 0.1) is 0 Å². The van der Waals surface area contributed by atoms with E-state index in [-0.39, 0.29) is 18.2 Å². The predicted molar refractivity (Wildman–Crippen MR) is 119 cm³/mol. The fourth-order valence-corrected chi connectivity index (χ4v) is 3.50. The molecule has 2 amide bonds. The van der Waals surface area contributed by atoms with Gasteiger partial charge in [0.25, 0.3) is 0 Å². The Kier molecular flexibility index (Phi) is 7.08. The Bertz CT molecular complexity index is 922. The Balaban J connectivity index is 1.71. The molecule has 1 saturated heterocycles. The lowest BCUT2D eigenvalue weighted by molar-refractivity contribution is -0.130. The molecular formula is C21H24N4O4S. The van der Waals surface area contributed by atoms with E-state index in [0.717, 1.165) is 5.69 Å². The molecule has 158 valence electrons. The molecule has 2 aromatic rings. The number of amides is 2. The van der Waals surface area contributed by atoms with E-state index in [4.69, 9.17) is 21.7 Å². The maximum atomic E-state index is 12.7. The Hall–Kier alpha value is -3.33. The first-order valence-electron chi connectivity index (χ1n) is 9.44. The van der Waals surface area contributed by atoms with Gasteiger partial charge in [0, 0.05) is 24.8 Å². The molecule has 9 heteroatoms. The van der Waals surface area contributed by atoms with Crippen LogP contribution in [0.3, 0.4) is 0 Å². The van der Waals surface area contributed by atoms with Gasteiger partial charge in [-0.05, 0) is 36.5 Å². The zero-order chi connectivity index (χ0) is 21.5. The van der Waals surface area contributed by atoms with Gasteiger partial charge in [-0.1, -0.05) is 18.2 Å². The molecule has 0 unspecified atom stereocenters. The summed E-state index contributed by atoms with van der Waals surface area (Å²) in [4.78, 5) is 27.0. The minimum atomic E-state index is -0.723. The minimum absolute atomic E-state index is 0.0667. The van der Waals surface area contributed by atoms with Crippen LogP contribution in [-0.4, -0.2) is 55.2 Å². The van der Waals surface area contributed by atoms with E-state index in [0.29, 0.717) is 35.4 Å². The lowest BCUT2D eigenvalue weighted by atomic mass is 10.1. The molecule has 3 rings (SSSR count). The van der Waals surface area contributed by atoms with E-state index in [1.807, 2.05) is 30.3 Å². The summed E-state index contributed by atoms with van der Waals surface area (Å²) in [5.74, 6) is 0.495. The predicted octanol–water partition coefficient (Wildman–Crippen LogP) is 2.23. The molecule has 3 N–H and O–H groups in total. The first-order chi connectivity index (χ1) is 14.5. The second-order valence-corrected chi connectivity index (χ2v) is 7.00. The third kappa shape index (κ3) is 5.18. The van der Waals surface area contributed by atoms with Crippen LogP contribution in [0.5, 0.6) is 11.5 Å². The van der Waals surface area contributed by atoms with Crippen molar-refractivity contribution in [2.45, 2.75) is 12.5 Å². The van der Waals surface area contributed by atoms with Gasteiger partial charge in [-0.3, -0.25) is 9.59 Å². The molecule has 0 aromatic heterocycles. The van der Waals surface area contributed by atoms with Crippen molar-refractivity contribution in [3.63, 3.8) is 0 Å². The quantitative estimate of drug-likeness (QED) is 0.608. The molecule has 1 aliphatic heterocycles. The van der Waals surface area contributed by atoms with Crippen LogP contribution in [0.4, 0.5) is 11.4 Å². The van der Waals surface area contributed by atoms with Crippen LogP contribution < -0.4 is 25.4 Å². The number of nitrogens with one attached hydrogen (secondary N) is 3. The summed E-state index contributed by atoms with van der Waals surface area (Å²) in [7, 11) is 3.06. The van der Waals surface area contributed by atoms with Crippen molar-refractivity contribution in [2.75, 3.05) is 37.9 Å². The molecule has 1 aliphatic rings. The number of nitrogens with zero attached hydrogens (tertiary/aromatic N) is 1. The Morgan fingerprint density at radius 1 is 1.17 bits per heavy atom. The zero-order valence-corrected chi connectivity index (χ0v) is 17.6. The largest absolute Gasteiger partial charge is 0.497 e. The molecule has 0 saturated carbocycles. The first-order valence-corrected chi connectivity index (χ1v) is 9.85. The van der Waals surface area contributed by atoms with Gasteiger partial charge >= 0.3 is 0 Å². The van der Waals surface area contributed by atoms with Crippen LogP contribution >= 0.6 is 12.2 Å². The number of rotatable bonds is 6. The SMILES string of the molecule is COc1ccc(OC)c(NC(=O)C[C@@H]2C(=O)NCCN2C(=S)Nc2ccccc2)c1. The lowest BCUT2D eigenvalue weighted by Crippen LogP contribution is -2.58. The highest BCUT2D eigenvalue weighted by Crippen LogP contribution is 2.29. The molecule has 0 bridgehead atoms. The van der Waals surface area contributed by atoms with E-state index < -0.39 is 6.04 Å². The van der Waals surface area contributed by atoms with E-state index in [2.05, 4.69) is 16.0 Å². The topological polar surface area (TPSA) is 91.9 Å². The Morgan fingerprint density at radius 2 is 1.93 bits per heavy atom. The number of benzene rings is 2. The van der Waals surface area contributed by atoms with Gasteiger partial charge in [-0.15, -0.1) is 0 Å². The average molecular weight is 429 g/mol. The van der Waals surface area contributed by atoms with Crippen molar-refractivity contribution in [1.29, 1.82) is 0 Å². The Morgan fingerprint density at radius 3 is 2.63 bits per heavy atom. The van der Waals surface area contributed by atoms with Gasteiger partial charge in [0.15, 0.2) is 5.11 Å². The van der Waals surface area contributed by atoms with Crippen molar-refractivity contribution in [2.24, 2.45) is 0 Å². The summed E-state index contributed by atoms with van der Waals surface area (Å²) < 4.78 is 10.5. The Labute approximate surface area is 180 Å². The zero-order valence-electron chi connectivity index (χ0n) is 16.8. The van der Waals surface area contributed by atoms with Crippen molar-refractivity contribution in [1.82, 2.24) is 10.2 Å². The number of carbonyl (C=O) groups is 2. The van der Waals surface area contributed by atoms with Crippen molar-refractivity contribution in [3.05, 3.63) is 48.5 Å². The molecule has 1 atom stereocenters. The number of anilines is 2. The standard InChI is InChI=1S/C21H24N4O4S/c1-28-15-8-9-18(29-2)16(12-15)24-19(26)13-17-20(27)22-10-11-25(17)21(30)23-14-6-4-3-5-7-14/h3-9,12,17H,10-11,13H2,1-2H3,(H,22,27)(H,23,30)(H,24,26)/t17-/m1/s1. The highest BCUT2D eigenvalue weighted by atomic mass is 32.1. The summed E-state index contributed by atoms with van der Waals surface area (Å²) in [6.07, 6.45) is -0.0667. The van der Waals surface area contributed by atoms with E-state index in [1.54, 1.807) is 30.2 Å². The highest BCUT2D eigenvalue weighted by Gasteiger charge is 2.33. The van der Waals surface area contributed by atoms with Crippen molar-refractivity contribution >= 4 is 40.5 Å². The number of carbonyl (C=O) groups excluding carboxylic acids is 2. The number of ether oxygens (including phenoxy) is 2. The average Bonchev–Trinajstić information content (AvgIpc) is 2.75. The molecule has 0 spiro atoms. The normalized spacial score (nSPS) is 15.7. The van der Waals surface area contributed by atoms with Crippen LogP contribution in [0.15, 0.2) is 48.5 Å². The number of piperazine rings is 1. The third-order valence-electron chi connectivity index (χ3n) is 4.68. The number of hydrogen-bond donors (Lipinski definition) is 3. The van der Waals surface area contributed by atoms with Crippen LogP contribution in [0.1, 0.15) is 6.42 Å². The van der Waals surface area contributed by atoms with E-state index in [9.17, 15) is 9.59 Å². The number of thiocarbonyl (C=S) groups is 1. The van der Waals surface area contributed by atoms with E-state index >= 15 is 0 Å². The summed E-state index contributed by atoms with van der Waals surface area (Å²) in [5, 5.41) is 9.12. The van der Waals surface area contributed by atoms with Gasteiger partial charge in [0.05, 0.1) is 26.3 Å². The fourth-order valence-electron chi connectivity index (χ4n) is 3.17. The second-order valence-electron chi connectivity index (χ2n) is 6.61.